The maximum atomic E-state index is 12.7. The lowest BCUT2D eigenvalue weighted by Crippen LogP contribution is -2.56. The molecule has 0 spiro atoms. The Labute approximate surface area is 139 Å². The molecule has 1 saturated heterocycles. The Balaban J connectivity index is 1.42. The molecule has 1 N–H and O–H groups in total. The van der Waals surface area contributed by atoms with Crippen molar-refractivity contribution in [2.45, 2.75) is 38.6 Å². The Morgan fingerprint density at radius 1 is 1.33 bits per heavy atom. The van der Waals surface area contributed by atoms with E-state index in [0.29, 0.717) is 31.2 Å². The number of amides is 1. The average Bonchev–Trinajstić information content (AvgIpc) is 2.95. The molecule has 2 aromatic heterocycles. The SMILES string of the molecule is C[C@@H]1Cc2c(C(=O)N3CC(Oc4ncccn4)C3)n[nH]c2[C@H](C)O1. The zero-order valence-electron chi connectivity index (χ0n) is 13.6. The van der Waals surface area contributed by atoms with E-state index in [-0.39, 0.29) is 24.2 Å². The quantitative estimate of drug-likeness (QED) is 0.907. The number of nitrogens with one attached hydrogen (secondary N) is 1. The highest BCUT2D eigenvalue weighted by atomic mass is 16.5. The van der Waals surface area contributed by atoms with Crippen molar-refractivity contribution in [3.8, 4) is 6.01 Å². The number of aromatic amines is 1. The van der Waals surface area contributed by atoms with Gasteiger partial charge in [0.2, 0.25) is 0 Å². The second-order valence-electron chi connectivity index (χ2n) is 6.24. The Morgan fingerprint density at radius 2 is 2.08 bits per heavy atom. The van der Waals surface area contributed by atoms with Gasteiger partial charge in [-0.25, -0.2) is 9.97 Å². The van der Waals surface area contributed by atoms with Crippen LogP contribution in [-0.4, -0.2) is 56.3 Å². The number of hydrogen-bond donors (Lipinski definition) is 1. The molecule has 8 heteroatoms. The molecule has 2 aliphatic rings. The summed E-state index contributed by atoms with van der Waals surface area (Å²) in [5, 5.41) is 7.19. The highest BCUT2D eigenvalue weighted by Crippen LogP contribution is 2.31. The normalized spacial score (nSPS) is 23.5. The van der Waals surface area contributed by atoms with E-state index in [4.69, 9.17) is 9.47 Å². The monoisotopic (exact) mass is 329 g/mol. The number of nitrogens with zero attached hydrogens (tertiary/aromatic N) is 4. The fourth-order valence-electron chi connectivity index (χ4n) is 3.17. The molecule has 4 rings (SSSR count). The summed E-state index contributed by atoms with van der Waals surface area (Å²) in [4.78, 5) is 22.5. The molecule has 24 heavy (non-hydrogen) atoms. The first kappa shape index (κ1) is 15.1. The molecular formula is C16H19N5O3. The summed E-state index contributed by atoms with van der Waals surface area (Å²) in [7, 11) is 0. The summed E-state index contributed by atoms with van der Waals surface area (Å²) in [6.45, 7) is 5.00. The number of aromatic nitrogens is 4. The molecule has 8 nitrogen and oxygen atoms in total. The number of fused-ring (bicyclic) bond motifs is 1. The van der Waals surface area contributed by atoms with Crippen LogP contribution in [0.2, 0.25) is 0 Å². The molecule has 0 aromatic carbocycles. The van der Waals surface area contributed by atoms with Gasteiger partial charge in [0.25, 0.3) is 5.91 Å². The molecular weight excluding hydrogens is 310 g/mol. The van der Waals surface area contributed by atoms with Crippen LogP contribution in [0.4, 0.5) is 0 Å². The topological polar surface area (TPSA) is 93.2 Å². The van der Waals surface area contributed by atoms with Gasteiger partial charge < -0.3 is 14.4 Å². The second kappa shape index (κ2) is 5.86. The maximum absolute atomic E-state index is 12.7. The lowest BCUT2D eigenvalue weighted by molar-refractivity contribution is -0.00736. The van der Waals surface area contributed by atoms with Crippen molar-refractivity contribution in [1.82, 2.24) is 25.1 Å². The lowest BCUT2D eigenvalue weighted by atomic mass is 9.98. The third-order valence-electron chi connectivity index (χ3n) is 4.39. The minimum atomic E-state index is -0.0766. The molecule has 0 unspecified atom stereocenters. The van der Waals surface area contributed by atoms with Gasteiger partial charge in [-0.05, 0) is 19.9 Å². The summed E-state index contributed by atoms with van der Waals surface area (Å²) < 4.78 is 11.4. The highest BCUT2D eigenvalue weighted by molar-refractivity contribution is 5.94. The smallest absolute Gasteiger partial charge is 0.316 e. The maximum Gasteiger partial charge on any atom is 0.316 e. The molecule has 2 aromatic rings. The number of likely N-dealkylation sites (tertiary alicyclic amines) is 1. The van der Waals surface area contributed by atoms with E-state index in [1.165, 1.54) is 0 Å². The molecule has 0 radical (unpaired) electrons. The van der Waals surface area contributed by atoms with Crippen LogP contribution < -0.4 is 4.74 Å². The molecule has 0 aliphatic carbocycles. The Hall–Kier alpha value is -2.48. The van der Waals surface area contributed by atoms with Crippen LogP contribution in [0.3, 0.4) is 0 Å². The van der Waals surface area contributed by atoms with Gasteiger partial charge in [0.05, 0.1) is 31.0 Å². The van der Waals surface area contributed by atoms with Gasteiger partial charge in [-0.2, -0.15) is 5.10 Å². The third kappa shape index (κ3) is 2.62. The van der Waals surface area contributed by atoms with Crippen molar-refractivity contribution in [2.24, 2.45) is 0 Å². The van der Waals surface area contributed by atoms with E-state index in [0.717, 1.165) is 11.3 Å². The molecule has 0 saturated carbocycles. The van der Waals surface area contributed by atoms with Gasteiger partial charge in [0.15, 0.2) is 5.69 Å². The van der Waals surface area contributed by atoms with E-state index in [9.17, 15) is 4.79 Å². The highest BCUT2D eigenvalue weighted by Gasteiger charge is 2.37. The Morgan fingerprint density at radius 3 is 2.83 bits per heavy atom. The Bertz CT molecular complexity index is 741. The van der Waals surface area contributed by atoms with Crippen LogP contribution >= 0.6 is 0 Å². The average molecular weight is 329 g/mol. The summed E-state index contributed by atoms with van der Waals surface area (Å²) in [5.41, 5.74) is 2.38. The summed E-state index contributed by atoms with van der Waals surface area (Å²) in [6.07, 6.45) is 3.89. The van der Waals surface area contributed by atoms with Gasteiger partial charge in [0.1, 0.15) is 6.10 Å². The van der Waals surface area contributed by atoms with Gasteiger partial charge in [-0.15, -0.1) is 0 Å². The zero-order valence-corrected chi connectivity index (χ0v) is 13.6. The Kier molecular flexibility index (Phi) is 3.68. The fourth-order valence-corrected chi connectivity index (χ4v) is 3.17. The molecule has 126 valence electrons. The third-order valence-corrected chi connectivity index (χ3v) is 4.39. The van der Waals surface area contributed by atoms with Crippen LogP contribution in [0.5, 0.6) is 6.01 Å². The van der Waals surface area contributed by atoms with E-state index in [2.05, 4.69) is 20.2 Å². The number of ether oxygens (including phenoxy) is 2. The van der Waals surface area contributed by atoms with Gasteiger partial charge in [-0.3, -0.25) is 9.89 Å². The van der Waals surface area contributed by atoms with Crippen LogP contribution in [-0.2, 0) is 11.2 Å². The second-order valence-corrected chi connectivity index (χ2v) is 6.24. The number of rotatable bonds is 3. The first-order chi connectivity index (χ1) is 11.6. The number of H-pyrrole nitrogens is 1. The molecule has 2 atom stereocenters. The van der Waals surface area contributed by atoms with E-state index in [1.807, 2.05) is 13.8 Å². The zero-order chi connectivity index (χ0) is 16.7. The number of carbonyl (C=O) groups is 1. The van der Waals surface area contributed by atoms with Crippen molar-refractivity contribution in [1.29, 1.82) is 0 Å². The van der Waals surface area contributed by atoms with Crippen LogP contribution in [0.15, 0.2) is 18.5 Å². The fraction of sp³-hybridized carbons (Fsp3) is 0.500. The molecule has 1 amide bonds. The van der Waals surface area contributed by atoms with E-state index in [1.54, 1.807) is 23.4 Å². The first-order valence-electron chi connectivity index (χ1n) is 8.07. The summed E-state index contributed by atoms with van der Waals surface area (Å²) in [5.74, 6) is -0.0670. The van der Waals surface area contributed by atoms with Crippen molar-refractivity contribution in [2.75, 3.05) is 13.1 Å². The van der Waals surface area contributed by atoms with Crippen molar-refractivity contribution < 1.29 is 14.3 Å². The standard InChI is InChI=1S/C16H19N5O3/c1-9-6-12-13(10(2)23-9)19-20-14(12)15(22)21-7-11(8-21)24-16-17-4-3-5-18-16/h3-5,9-11H,6-8H2,1-2H3,(H,19,20)/t9-,10+/m1/s1. The molecule has 0 bridgehead atoms. The van der Waals surface area contributed by atoms with E-state index >= 15 is 0 Å². The van der Waals surface area contributed by atoms with Crippen molar-refractivity contribution >= 4 is 5.91 Å². The summed E-state index contributed by atoms with van der Waals surface area (Å²) in [6, 6.07) is 2.07. The number of hydrogen-bond acceptors (Lipinski definition) is 6. The van der Waals surface area contributed by atoms with E-state index < -0.39 is 0 Å². The molecule has 4 heterocycles. The summed E-state index contributed by atoms with van der Waals surface area (Å²) >= 11 is 0. The predicted octanol–water partition coefficient (Wildman–Crippen LogP) is 1.13. The molecule has 2 aliphatic heterocycles. The molecule has 1 fully saturated rings. The van der Waals surface area contributed by atoms with Crippen molar-refractivity contribution in [3.05, 3.63) is 35.4 Å². The lowest BCUT2D eigenvalue weighted by Gasteiger charge is -2.38. The van der Waals surface area contributed by atoms with Crippen LogP contribution in [0.1, 0.15) is 41.7 Å². The largest absolute Gasteiger partial charge is 0.456 e. The van der Waals surface area contributed by atoms with Crippen LogP contribution in [0, 0.1) is 0 Å². The van der Waals surface area contributed by atoms with Crippen LogP contribution in [0.25, 0.3) is 0 Å². The predicted molar refractivity (Wildman–Crippen MR) is 83.6 cm³/mol. The van der Waals surface area contributed by atoms with Gasteiger partial charge in [-0.1, -0.05) is 0 Å². The van der Waals surface area contributed by atoms with Crippen molar-refractivity contribution in [3.63, 3.8) is 0 Å². The minimum Gasteiger partial charge on any atom is -0.456 e. The van der Waals surface area contributed by atoms with Gasteiger partial charge >= 0.3 is 6.01 Å². The minimum absolute atomic E-state index is 0.0670. The number of carbonyl (C=O) groups excluding carboxylic acids is 1. The van der Waals surface area contributed by atoms with Gasteiger partial charge in [0, 0.05) is 24.4 Å². The first-order valence-corrected chi connectivity index (χ1v) is 8.07.